The predicted molar refractivity (Wildman–Crippen MR) is 102 cm³/mol. The van der Waals surface area contributed by atoms with Gasteiger partial charge < -0.3 is 9.47 Å². The Hall–Kier alpha value is -2.71. The van der Waals surface area contributed by atoms with E-state index in [1.165, 1.54) is 11.9 Å². The number of hydrazine groups is 1. The van der Waals surface area contributed by atoms with E-state index >= 15 is 0 Å². The smallest absolute Gasteiger partial charge is 0.308 e. The minimum absolute atomic E-state index is 0.0191. The molecule has 2 N–H and O–H groups in total. The van der Waals surface area contributed by atoms with Crippen LogP contribution in [0.5, 0.6) is 5.75 Å². The Morgan fingerprint density at radius 1 is 1.31 bits per heavy atom. The number of carbonyl (C=O) groups is 1. The third kappa shape index (κ3) is 5.14. The number of hydrogen-bond acceptors (Lipinski definition) is 5. The number of nitrogens with zero attached hydrogens (tertiary/aromatic N) is 1. The lowest BCUT2D eigenvalue weighted by molar-refractivity contribution is -0.154. The summed E-state index contributed by atoms with van der Waals surface area (Å²) in [7, 11) is 0. The minimum Gasteiger partial charge on any atom is -0.444 e. The topological polar surface area (TPSA) is 64.8 Å². The molecule has 2 unspecified atom stereocenters. The first kappa shape index (κ1) is 19.6. The summed E-state index contributed by atoms with van der Waals surface area (Å²) in [5.41, 5.74) is 0.392. The first-order valence-electron chi connectivity index (χ1n) is 8.47. The Kier molecular flexibility index (Phi) is 5.79. The van der Waals surface area contributed by atoms with Crippen molar-refractivity contribution in [3.63, 3.8) is 0 Å². The third-order valence-corrected chi connectivity index (χ3v) is 3.97. The van der Waals surface area contributed by atoms with Gasteiger partial charge in [0, 0.05) is 13.1 Å². The molecule has 5 nitrogen and oxygen atoms in total. The Labute approximate surface area is 155 Å². The van der Waals surface area contributed by atoms with Crippen molar-refractivity contribution in [1.29, 1.82) is 0 Å². The molecule has 1 aromatic rings. The predicted octanol–water partition coefficient (Wildman–Crippen LogP) is 3.27. The highest BCUT2D eigenvalue weighted by Gasteiger charge is 2.25. The van der Waals surface area contributed by atoms with Gasteiger partial charge in [0.15, 0.2) is 0 Å². The van der Waals surface area contributed by atoms with E-state index in [9.17, 15) is 4.79 Å². The number of allylic oxidation sites excluding steroid dienone is 2. The van der Waals surface area contributed by atoms with Crippen LogP contribution in [0.25, 0.3) is 0 Å². The molecule has 0 saturated carbocycles. The Bertz CT molecular complexity index is 780. The molecule has 5 heteroatoms. The molecule has 0 aliphatic carbocycles. The fourth-order valence-electron chi connectivity index (χ4n) is 2.33. The van der Waals surface area contributed by atoms with Gasteiger partial charge in [-0.1, -0.05) is 44.9 Å². The Balaban J connectivity index is 2.24. The Morgan fingerprint density at radius 3 is 2.65 bits per heavy atom. The van der Waals surface area contributed by atoms with Gasteiger partial charge in [0.25, 0.3) is 0 Å². The molecule has 0 bridgehead atoms. The second-order valence-electron chi connectivity index (χ2n) is 7.36. The zero-order valence-corrected chi connectivity index (χ0v) is 15.9. The minimum atomic E-state index is -1.02. The number of esters is 1. The summed E-state index contributed by atoms with van der Waals surface area (Å²) >= 11 is 0. The zero-order valence-electron chi connectivity index (χ0n) is 15.9. The van der Waals surface area contributed by atoms with Crippen molar-refractivity contribution in [3.8, 4) is 17.6 Å². The molecular weight excluding hydrogens is 328 g/mol. The number of hydrogen-bond donors (Lipinski definition) is 1. The van der Waals surface area contributed by atoms with Gasteiger partial charge in [-0.25, -0.2) is 5.84 Å². The maximum absolute atomic E-state index is 11.4. The van der Waals surface area contributed by atoms with Crippen molar-refractivity contribution in [1.82, 2.24) is 5.01 Å². The van der Waals surface area contributed by atoms with E-state index in [0.717, 1.165) is 5.56 Å². The van der Waals surface area contributed by atoms with Crippen LogP contribution in [-0.2, 0) is 14.9 Å². The van der Waals surface area contributed by atoms with E-state index in [2.05, 4.69) is 32.6 Å². The van der Waals surface area contributed by atoms with Crippen LogP contribution in [0.3, 0.4) is 0 Å². The SMILES string of the molecule is CC(=O)OC(C#CC1(C)C=CC=CN1N)Oc1cccc(C(C)(C)C)c1. The number of ether oxygens (including phenoxy) is 2. The standard InChI is InChI=1S/C21H26N2O3/c1-16(24)25-19(11-13-21(5)12-6-7-14-23(21)22)26-18-10-8-9-17(15-18)20(2,3)4/h6-10,12,14-15,19H,22H2,1-5H3. The van der Waals surface area contributed by atoms with Crippen molar-refractivity contribution in [2.24, 2.45) is 5.84 Å². The first-order valence-corrected chi connectivity index (χ1v) is 8.47. The number of benzene rings is 1. The van der Waals surface area contributed by atoms with E-state index in [1.807, 2.05) is 49.4 Å². The average Bonchev–Trinajstić information content (AvgIpc) is 2.55. The molecule has 0 spiro atoms. The van der Waals surface area contributed by atoms with E-state index in [1.54, 1.807) is 6.20 Å². The van der Waals surface area contributed by atoms with E-state index in [-0.39, 0.29) is 5.41 Å². The van der Waals surface area contributed by atoms with Crippen LogP contribution in [-0.4, -0.2) is 22.8 Å². The molecule has 0 saturated heterocycles. The first-order chi connectivity index (χ1) is 12.1. The maximum Gasteiger partial charge on any atom is 0.308 e. The van der Waals surface area contributed by atoms with Crippen LogP contribution in [0.15, 0.2) is 48.7 Å². The summed E-state index contributed by atoms with van der Waals surface area (Å²) in [4.78, 5) is 11.4. The van der Waals surface area contributed by atoms with Gasteiger partial charge in [0.05, 0.1) is 0 Å². The molecule has 1 aliphatic rings. The van der Waals surface area contributed by atoms with Crippen molar-refractivity contribution in [3.05, 3.63) is 54.3 Å². The summed E-state index contributed by atoms with van der Waals surface area (Å²) in [6.07, 6.45) is 6.26. The summed E-state index contributed by atoms with van der Waals surface area (Å²) in [5, 5.41) is 1.49. The maximum atomic E-state index is 11.4. The molecule has 26 heavy (non-hydrogen) atoms. The second kappa shape index (κ2) is 7.67. The highest BCUT2D eigenvalue weighted by Crippen LogP contribution is 2.26. The fraction of sp³-hybridized carbons (Fsp3) is 0.381. The molecule has 1 heterocycles. The van der Waals surface area contributed by atoms with E-state index in [4.69, 9.17) is 15.3 Å². The fourth-order valence-corrected chi connectivity index (χ4v) is 2.33. The molecule has 0 fully saturated rings. The average molecular weight is 354 g/mol. The largest absolute Gasteiger partial charge is 0.444 e. The lowest BCUT2D eigenvalue weighted by Gasteiger charge is -2.31. The van der Waals surface area contributed by atoms with Crippen LogP contribution >= 0.6 is 0 Å². The van der Waals surface area contributed by atoms with Gasteiger partial charge in [-0.15, -0.1) is 0 Å². The van der Waals surface area contributed by atoms with Crippen LogP contribution in [0.4, 0.5) is 0 Å². The van der Waals surface area contributed by atoms with Crippen LogP contribution in [0.2, 0.25) is 0 Å². The number of rotatable bonds is 3. The highest BCUT2D eigenvalue weighted by molar-refractivity contribution is 5.66. The second-order valence-corrected chi connectivity index (χ2v) is 7.36. The molecule has 1 aliphatic heterocycles. The Morgan fingerprint density at radius 2 is 2.04 bits per heavy atom. The van der Waals surface area contributed by atoms with Crippen LogP contribution in [0, 0.1) is 11.8 Å². The lowest BCUT2D eigenvalue weighted by Crippen LogP contribution is -2.46. The highest BCUT2D eigenvalue weighted by atomic mass is 16.7. The van der Waals surface area contributed by atoms with E-state index in [0.29, 0.717) is 5.75 Å². The van der Waals surface area contributed by atoms with Gasteiger partial charge in [-0.2, -0.15) is 0 Å². The van der Waals surface area contributed by atoms with Crippen molar-refractivity contribution in [2.45, 2.75) is 51.9 Å². The molecule has 0 amide bonds. The van der Waals surface area contributed by atoms with Crippen LogP contribution in [0.1, 0.15) is 40.2 Å². The summed E-state index contributed by atoms with van der Waals surface area (Å²) in [6.45, 7) is 9.55. The zero-order chi connectivity index (χ0) is 19.4. The molecule has 1 aromatic carbocycles. The summed E-state index contributed by atoms with van der Waals surface area (Å²) < 4.78 is 11.0. The lowest BCUT2D eigenvalue weighted by atomic mass is 9.87. The third-order valence-electron chi connectivity index (χ3n) is 3.97. The number of nitrogens with two attached hydrogens (primary N) is 1. The van der Waals surface area contributed by atoms with Gasteiger partial charge in [-0.05, 0) is 48.1 Å². The number of carbonyl (C=O) groups excluding carboxylic acids is 1. The van der Waals surface area contributed by atoms with Gasteiger partial charge in [-0.3, -0.25) is 9.80 Å². The van der Waals surface area contributed by atoms with Crippen molar-refractivity contribution >= 4 is 5.97 Å². The summed E-state index contributed by atoms with van der Waals surface area (Å²) in [6, 6.07) is 7.68. The normalized spacial score (nSPS) is 20.2. The molecular formula is C21H26N2O3. The van der Waals surface area contributed by atoms with Gasteiger partial charge >= 0.3 is 12.3 Å². The van der Waals surface area contributed by atoms with Crippen molar-refractivity contribution < 1.29 is 14.3 Å². The van der Waals surface area contributed by atoms with E-state index < -0.39 is 17.8 Å². The van der Waals surface area contributed by atoms with Gasteiger partial charge in [0.1, 0.15) is 11.3 Å². The molecule has 2 rings (SSSR count). The molecule has 138 valence electrons. The van der Waals surface area contributed by atoms with Crippen LogP contribution < -0.4 is 10.6 Å². The monoisotopic (exact) mass is 354 g/mol. The molecule has 2 atom stereocenters. The van der Waals surface area contributed by atoms with Gasteiger partial charge in [0.2, 0.25) is 0 Å². The quantitative estimate of drug-likeness (QED) is 0.391. The van der Waals surface area contributed by atoms with Crippen molar-refractivity contribution in [2.75, 3.05) is 0 Å². The molecule has 0 aromatic heterocycles. The molecule has 0 radical (unpaired) electrons. The summed E-state index contributed by atoms with van der Waals surface area (Å²) in [5.74, 6) is 12.0.